The van der Waals surface area contributed by atoms with Gasteiger partial charge in [-0.2, -0.15) is 0 Å². The topological polar surface area (TPSA) is 132 Å². The van der Waals surface area contributed by atoms with Crippen molar-refractivity contribution in [3.63, 3.8) is 0 Å². The highest BCUT2D eigenvalue weighted by atomic mass is 32.1. The highest BCUT2D eigenvalue weighted by Gasteiger charge is 2.48. The number of fused-ring (bicyclic) bond motifs is 1. The van der Waals surface area contributed by atoms with Gasteiger partial charge in [0.15, 0.2) is 5.13 Å². The number of methoxy groups -OCH3 is 2. The van der Waals surface area contributed by atoms with Gasteiger partial charge in [0.2, 0.25) is 0 Å². The number of thiazole rings is 1. The number of ketones is 1. The molecule has 1 N–H and O–H groups in total. The Morgan fingerprint density at radius 3 is 2.27 bits per heavy atom. The standard InChI is InChI=1S/C26H19N3O7S/c1-35-17-9-5-15(6-10-17)23(30)21-22(14-3-7-16(8-4-14)29(33)34)28(25(32)24(21)31)26-27-19-12-11-18(36-2)13-20(19)37-26/h3-13,22,30H,1-2H3/t22-/m0/s1. The van der Waals surface area contributed by atoms with Crippen LogP contribution in [0.25, 0.3) is 16.0 Å². The quantitative estimate of drug-likeness (QED) is 0.126. The fourth-order valence-corrected chi connectivity index (χ4v) is 5.17. The SMILES string of the molecule is COc1ccc(C(O)=C2C(=O)C(=O)N(c3nc4ccc(OC)cc4s3)[C@H]2c2ccc([N+](=O)[O-])cc2)cc1. The molecule has 37 heavy (non-hydrogen) atoms. The van der Waals surface area contributed by atoms with E-state index in [9.17, 15) is 24.8 Å². The van der Waals surface area contributed by atoms with E-state index in [1.807, 2.05) is 0 Å². The molecule has 3 aromatic carbocycles. The van der Waals surface area contributed by atoms with E-state index in [0.717, 1.165) is 4.70 Å². The van der Waals surface area contributed by atoms with Crippen LogP contribution in [0.4, 0.5) is 10.8 Å². The van der Waals surface area contributed by atoms with Crippen molar-refractivity contribution in [2.75, 3.05) is 19.1 Å². The Morgan fingerprint density at radius 1 is 1.00 bits per heavy atom. The summed E-state index contributed by atoms with van der Waals surface area (Å²) in [5.74, 6) is -0.988. The molecule has 0 spiro atoms. The molecule has 1 atom stereocenters. The number of hydrogen-bond acceptors (Lipinski definition) is 9. The van der Waals surface area contributed by atoms with Gasteiger partial charge in [-0.05, 0) is 60.2 Å². The number of aliphatic hydroxyl groups is 1. The van der Waals surface area contributed by atoms with Gasteiger partial charge in [-0.1, -0.05) is 11.3 Å². The van der Waals surface area contributed by atoms with Crippen molar-refractivity contribution >= 4 is 49.8 Å². The fourth-order valence-electron chi connectivity index (χ4n) is 4.15. The second kappa shape index (κ2) is 9.36. The zero-order chi connectivity index (χ0) is 26.3. The molecule has 1 aliphatic rings. The van der Waals surface area contributed by atoms with Crippen molar-refractivity contribution in [3.8, 4) is 11.5 Å². The number of Topliss-reactive ketones (excluding diaryl/α,β-unsaturated/α-hetero) is 1. The number of amides is 1. The van der Waals surface area contributed by atoms with Gasteiger partial charge >= 0.3 is 5.91 Å². The van der Waals surface area contributed by atoms with Crippen molar-refractivity contribution in [2.24, 2.45) is 0 Å². The van der Waals surface area contributed by atoms with Crippen LogP contribution in [0.5, 0.6) is 11.5 Å². The number of aliphatic hydroxyl groups excluding tert-OH is 1. The number of aromatic nitrogens is 1. The molecule has 1 fully saturated rings. The third-order valence-electron chi connectivity index (χ3n) is 6.02. The van der Waals surface area contributed by atoms with E-state index < -0.39 is 22.7 Å². The van der Waals surface area contributed by atoms with Gasteiger partial charge in [-0.25, -0.2) is 4.98 Å². The smallest absolute Gasteiger partial charge is 0.301 e. The Hall–Kier alpha value is -4.77. The van der Waals surface area contributed by atoms with Crippen molar-refractivity contribution in [1.82, 2.24) is 4.98 Å². The number of ether oxygens (including phenoxy) is 2. The number of nitro benzene ring substituents is 1. The molecule has 0 saturated carbocycles. The van der Waals surface area contributed by atoms with Crippen molar-refractivity contribution in [2.45, 2.75) is 6.04 Å². The third-order valence-corrected chi connectivity index (χ3v) is 7.04. The molecule has 1 saturated heterocycles. The van der Waals surface area contributed by atoms with E-state index in [1.54, 1.807) is 42.5 Å². The van der Waals surface area contributed by atoms with E-state index in [-0.39, 0.29) is 22.2 Å². The van der Waals surface area contributed by atoms with E-state index in [0.29, 0.717) is 28.1 Å². The first kappa shape index (κ1) is 23.9. The second-order valence-corrected chi connectivity index (χ2v) is 9.09. The van der Waals surface area contributed by atoms with Crippen LogP contribution >= 0.6 is 11.3 Å². The van der Waals surface area contributed by atoms with Crippen molar-refractivity contribution in [3.05, 3.63) is 93.5 Å². The van der Waals surface area contributed by atoms with Gasteiger partial charge < -0.3 is 14.6 Å². The number of carbonyl (C=O) groups is 2. The zero-order valence-electron chi connectivity index (χ0n) is 19.6. The minimum absolute atomic E-state index is 0.150. The molecule has 11 heteroatoms. The summed E-state index contributed by atoms with van der Waals surface area (Å²) in [7, 11) is 3.04. The average molecular weight is 518 g/mol. The normalized spacial score (nSPS) is 16.8. The molecule has 0 unspecified atom stereocenters. The molecule has 0 radical (unpaired) electrons. The van der Waals surface area contributed by atoms with Crippen LogP contribution in [-0.4, -0.2) is 40.9 Å². The van der Waals surface area contributed by atoms with E-state index in [4.69, 9.17) is 9.47 Å². The number of carbonyl (C=O) groups excluding carboxylic acids is 2. The lowest BCUT2D eigenvalue weighted by molar-refractivity contribution is -0.384. The van der Waals surface area contributed by atoms with Gasteiger partial charge in [-0.3, -0.25) is 24.6 Å². The monoisotopic (exact) mass is 517 g/mol. The van der Waals surface area contributed by atoms with E-state index >= 15 is 0 Å². The highest BCUT2D eigenvalue weighted by molar-refractivity contribution is 7.22. The maximum Gasteiger partial charge on any atom is 0.301 e. The van der Waals surface area contributed by atoms with Crippen LogP contribution in [0.3, 0.4) is 0 Å². The molecule has 1 amide bonds. The molecule has 0 bridgehead atoms. The van der Waals surface area contributed by atoms with Crippen LogP contribution in [0.2, 0.25) is 0 Å². The van der Waals surface area contributed by atoms with Crippen molar-refractivity contribution in [1.29, 1.82) is 0 Å². The van der Waals surface area contributed by atoms with Gasteiger partial charge in [-0.15, -0.1) is 0 Å². The summed E-state index contributed by atoms with van der Waals surface area (Å²) in [5, 5.41) is 22.6. The molecule has 10 nitrogen and oxygen atoms in total. The predicted molar refractivity (Wildman–Crippen MR) is 137 cm³/mol. The molecule has 4 aromatic rings. The summed E-state index contributed by atoms with van der Waals surface area (Å²) >= 11 is 1.18. The fraction of sp³-hybridized carbons (Fsp3) is 0.115. The molecule has 5 rings (SSSR count). The minimum Gasteiger partial charge on any atom is -0.507 e. The Bertz CT molecular complexity index is 1580. The summed E-state index contributed by atoms with van der Waals surface area (Å²) in [6, 6.07) is 16.0. The highest BCUT2D eigenvalue weighted by Crippen LogP contribution is 2.45. The molecular formula is C26H19N3O7S. The first-order chi connectivity index (χ1) is 17.8. The maximum absolute atomic E-state index is 13.4. The number of anilines is 1. The molecule has 1 aliphatic heterocycles. The van der Waals surface area contributed by atoms with E-state index in [2.05, 4.69) is 4.98 Å². The zero-order valence-corrected chi connectivity index (χ0v) is 20.4. The first-order valence-electron chi connectivity index (χ1n) is 11.0. The maximum atomic E-state index is 13.4. The number of rotatable bonds is 6. The molecule has 2 heterocycles. The average Bonchev–Trinajstić information content (AvgIpc) is 3.45. The minimum atomic E-state index is -1.06. The Labute approximate surface area is 214 Å². The number of nitrogens with zero attached hydrogens (tertiary/aromatic N) is 3. The van der Waals surface area contributed by atoms with Crippen LogP contribution in [0, 0.1) is 10.1 Å². The number of hydrogen-bond donors (Lipinski definition) is 1. The summed E-state index contributed by atoms with van der Waals surface area (Å²) in [4.78, 5) is 43.1. The van der Waals surface area contributed by atoms with Crippen molar-refractivity contribution < 1.29 is 29.1 Å². The summed E-state index contributed by atoms with van der Waals surface area (Å²) in [6.45, 7) is 0. The van der Waals surface area contributed by atoms with Gasteiger partial charge in [0.1, 0.15) is 17.3 Å². The van der Waals surface area contributed by atoms with Crippen LogP contribution in [-0.2, 0) is 9.59 Å². The predicted octanol–water partition coefficient (Wildman–Crippen LogP) is 4.85. The van der Waals surface area contributed by atoms with Gasteiger partial charge in [0.25, 0.3) is 11.5 Å². The second-order valence-electron chi connectivity index (χ2n) is 8.08. The van der Waals surface area contributed by atoms with Crippen LogP contribution < -0.4 is 14.4 Å². The lowest BCUT2D eigenvalue weighted by atomic mass is 9.95. The Morgan fingerprint density at radius 2 is 1.65 bits per heavy atom. The third kappa shape index (κ3) is 4.15. The molecule has 186 valence electrons. The lowest BCUT2D eigenvalue weighted by Crippen LogP contribution is -2.29. The van der Waals surface area contributed by atoms with Gasteiger partial charge in [0.05, 0.1) is 41.0 Å². The molecule has 0 aliphatic carbocycles. The summed E-state index contributed by atoms with van der Waals surface area (Å²) < 4.78 is 11.2. The summed E-state index contributed by atoms with van der Waals surface area (Å²) in [6.07, 6.45) is 0. The largest absolute Gasteiger partial charge is 0.507 e. The lowest BCUT2D eigenvalue weighted by Gasteiger charge is -2.22. The number of non-ortho nitro benzene ring substituents is 1. The van der Waals surface area contributed by atoms with Crippen LogP contribution in [0.1, 0.15) is 17.2 Å². The number of nitro groups is 1. The Kier molecular flexibility index (Phi) is 6.06. The molecular weight excluding hydrogens is 498 g/mol. The van der Waals surface area contributed by atoms with Crippen LogP contribution in [0.15, 0.2) is 72.3 Å². The summed E-state index contributed by atoms with van der Waals surface area (Å²) in [5.41, 5.74) is 1.00. The molecule has 1 aromatic heterocycles. The first-order valence-corrected chi connectivity index (χ1v) is 11.8. The van der Waals surface area contributed by atoms with E-state index in [1.165, 1.54) is 54.7 Å². The Balaban J connectivity index is 1.70. The van der Waals surface area contributed by atoms with Gasteiger partial charge in [0, 0.05) is 17.7 Å². The number of benzene rings is 3.